The number of ether oxygens (including phenoxy) is 2. The summed E-state index contributed by atoms with van der Waals surface area (Å²) in [7, 11) is 3.72. The molecule has 4 atom stereocenters. The zero-order valence-electron chi connectivity index (χ0n) is 13.3. The molecule has 4 unspecified atom stereocenters. The maximum Gasteiger partial charge on any atom is 0.161 e. The van der Waals surface area contributed by atoms with Gasteiger partial charge in [-0.15, -0.1) is 0 Å². The Hall–Kier alpha value is -1.22. The van der Waals surface area contributed by atoms with Crippen LogP contribution in [0.15, 0.2) is 18.2 Å². The SMILES string of the molecule is CNC1CC(C)CC(C)C1Oc1ccc(C)cc1OC. The Bertz CT molecular complexity index is 447. The summed E-state index contributed by atoms with van der Waals surface area (Å²) in [4.78, 5) is 0. The van der Waals surface area contributed by atoms with E-state index in [2.05, 4.69) is 32.2 Å². The average molecular weight is 277 g/mol. The van der Waals surface area contributed by atoms with E-state index in [0.717, 1.165) is 17.4 Å². The number of aryl methyl sites for hydroxylation is 1. The number of nitrogens with one attached hydrogen (secondary N) is 1. The molecule has 0 aromatic heterocycles. The first kappa shape index (κ1) is 15.2. The van der Waals surface area contributed by atoms with Crippen molar-refractivity contribution in [1.29, 1.82) is 0 Å². The summed E-state index contributed by atoms with van der Waals surface area (Å²) < 4.78 is 11.8. The predicted octanol–water partition coefficient (Wildman–Crippen LogP) is 3.41. The highest BCUT2D eigenvalue weighted by Crippen LogP contribution is 2.35. The molecule has 0 bridgehead atoms. The lowest BCUT2D eigenvalue weighted by atomic mass is 9.78. The van der Waals surface area contributed by atoms with E-state index in [-0.39, 0.29) is 6.10 Å². The smallest absolute Gasteiger partial charge is 0.161 e. The molecule has 1 saturated carbocycles. The van der Waals surface area contributed by atoms with Crippen molar-refractivity contribution in [3.63, 3.8) is 0 Å². The van der Waals surface area contributed by atoms with Gasteiger partial charge in [0.1, 0.15) is 6.10 Å². The maximum atomic E-state index is 6.31. The summed E-state index contributed by atoms with van der Waals surface area (Å²) in [6.45, 7) is 6.67. The van der Waals surface area contributed by atoms with Crippen LogP contribution in [0.5, 0.6) is 11.5 Å². The van der Waals surface area contributed by atoms with Gasteiger partial charge >= 0.3 is 0 Å². The largest absolute Gasteiger partial charge is 0.493 e. The first-order chi connectivity index (χ1) is 9.55. The van der Waals surface area contributed by atoms with Gasteiger partial charge in [-0.05, 0) is 56.3 Å². The molecule has 3 nitrogen and oxygen atoms in total. The molecule has 0 heterocycles. The van der Waals surface area contributed by atoms with Crippen molar-refractivity contribution in [2.45, 2.75) is 45.8 Å². The molecular weight excluding hydrogens is 250 g/mol. The second-order valence-electron chi connectivity index (χ2n) is 6.19. The van der Waals surface area contributed by atoms with Gasteiger partial charge in [0.2, 0.25) is 0 Å². The highest BCUT2D eigenvalue weighted by Gasteiger charge is 2.35. The van der Waals surface area contributed by atoms with Gasteiger partial charge in [0.25, 0.3) is 0 Å². The Morgan fingerprint density at radius 1 is 1.15 bits per heavy atom. The fourth-order valence-corrected chi connectivity index (χ4v) is 3.33. The Morgan fingerprint density at radius 3 is 2.55 bits per heavy atom. The summed E-state index contributed by atoms with van der Waals surface area (Å²) in [5.74, 6) is 2.97. The third-order valence-corrected chi connectivity index (χ3v) is 4.34. The van der Waals surface area contributed by atoms with Gasteiger partial charge in [-0.2, -0.15) is 0 Å². The molecule has 0 saturated heterocycles. The van der Waals surface area contributed by atoms with Crippen LogP contribution in [-0.2, 0) is 0 Å². The van der Waals surface area contributed by atoms with Crippen LogP contribution in [0.3, 0.4) is 0 Å². The Kier molecular flexibility index (Phi) is 4.92. The van der Waals surface area contributed by atoms with Crippen LogP contribution in [0.4, 0.5) is 0 Å². The second kappa shape index (κ2) is 6.49. The quantitative estimate of drug-likeness (QED) is 0.915. The monoisotopic (exact) mass is 277 g/mol. The number of likely N-dealkylation sites (N-methyl/N-ethyl adjacent to an activating group) is 1. The van der Waals surface area contributed by atoms with Crippen LogP contribution in [0.25, 0.3) is 0 Å². The van der Waals surface area contributed by atoms with Gasteiger partial charge < -0.3 is 14.8 Å². The fraction of sp³-hybridized carbons (Fsp3) is 0.647. The molecule has 1 aromatic rings. The van der Waals surface area contributed by atoms with E-state index >= 15 is 0 Å². The van der Waals surface area contributed by atoms with Crippen LogP contribution in [0.2, 0.25) is 0 Å². The Morgan fingerprint density at radius 2 is 1.90 bits per heavy atom. The first-order valence-electron chi connectivity index (χ1n) is 7.53. The third kappa shape index (κ3) is 3.26. The molecule has 0 aliphatic heterocycles. The molecule has 2 rings (SSSR count). The van der Waals surface area contributed by atoms with Crippen molar-refractivity contribution in [3.8, 4) is 11.5 Å². The first-order valence-corrected chi connectivity index (χ1v) is 7.53. The number of rotatable bonds is 4. The van der Waals surface area contributed by atoms with Crippen molar-refractivity contribution in [1.82, 2.24) is 5.32 Å². The second-order valence-corrected chi connectivity index (χ2v) is 6.19. The van der Waals surface area contributed by atoms with Crippen molar-refractivity contribution < 1.29 is 9.47 Å². The minimum atomic E-state index is 0.202. The fourth-order valence-electron chi connectivity index (χ4n) is 3.33. The highest BCUT2D eigenvalue weighted by atomic mass is 16.5. The molecule has 1 aliphatic rings. The molecule has 0 amide bonds. The Balaban J connectivity index is 2.19. The molecule has 0 spiro atoms. The number of hydrogen-bond donors (Lipinski definition) is 1. The number of benzene rings is 1. The van der Waals surface area contributed by atoms with Crippen molar-refractivity contribution >= 4 is 0 Å². The minimum Gasteiger partial charge on any atom is -0.493 e. The lowest BCUT2D eigenvalue weighted by Gasteiger charge is -2.39. The van der Waals surface area contributed by atoms with Crippen LogP contribution >= 0.6 is 0 Å². The lowest BCUT2D eigenvalue weighted by Crippen LogP contribution is -2.49. The summed E-state index contributed by atoms with van der Waals surface area (Å²) in [5.41, 5.74) is 1.18. The van der Waals surface area contributed by atoms with E-state index in [0.29, 0.717) is 12.0 Å². The van der Waals surface area contributed by atoms with Gasteiger partial charge in [0.05, 0.1) is 7.11 Å². The molecule has 112 valence electrons. The summed E-state index contributed by atoms with van der Waals surface area (Å²) >= 11 is 0. The molecule has 1 N–H and O–H groups in total. The number of methoxy groups -OCH3 is 1. The van der Waals surface area contributed by atoms with Gasteiger partial charge in [-0.25, -0.2) is 0 Å². The van der Waals surface area contributed by atoms with Crippen molar-refractivity contribution in [3.05, 3.63) is 23.8 Å². The normalized spacial score (nSPS) is 30.1. The minimum absolute atomic E-state index is 0.202. The zero-order valence-corrected chi connectivity index (χ0v) is 13.3. The van der Waals surface area contributed by atoms with E-state index in [1.165, 1.54) is 18.4 Å². The molecule has 1 aliphatic carbocycles. The zero-order chi connectivity index (χ0) is 14.7. The summed E-state index contributed by atoms with van der Waals surface area (Å²) in [6.07, 6.45) is 2.59. The van der Waals surface area contributed by atoms with E-state index in [1.807, 2.05) is 19.2 Å². The van der Waals surface area contributed by atoms with E-state index < -0.39 is 0 Å². The van der Waals surface area contributed by atoms with Gasteiger partial charge in [-0.3, -0.25) is 0 Å². The topological polar surface area (TPSA) is 30.5 Å². The lowest BCUT2D eigenvalue weighted by molar-refractivity contribution is 0.0486. The molecule has 1 fully saturated rings. The van der Waals surface area contributed by atoms with E-state index in [4.69, 9.17) is 9.47 Å². The van der Waals surface area contributed by atoms with Crippen LogP contribution in [0.1, 0.15) is 32.3 Å². The van der Waals surface area contributed by atoms with E-state index in [1.54, 1.807) is 7.11 Å². The molecule has 1 aromatic carbocycles. The van der Waals surface area contributed by atoms with Crippen molar-refractivity contribution in [2.24, 2.45) is 11.8 Å². The molecule has 3 heteroatoms. The van der Waals surface area contributed by atoms with Gasteiger partial charge in [-0.1, -0.05) is 19.9 Å². The highest BCUT2D eigenvalue weighted by molar-refractivity contribution is 5.42. The Labute approximate surface area is 122 Å². The molecular formula is C17H27NO2. The van der Waals surface area contributed by atoms with Crippen LogP contribution in [-0.4, -0.2) is 26.3 Å². The summed E-state index contributed by atoms with van der Waals surface area (Å²) in [5, 5.41) is 3.42. The maximum absolute atomic E-state index is 6.31. The van der Waals surface area contributed by atoms with Gasteiger partial charge in [0, 0.05) is 6.04 Å². The van der Waals surface area contributed by atoms with Crippen molar-refractivity contribution in [2.75, 3.05) is 14.2 Å². The number of hydrogen-bond acceptors (Lipinski definition) is 3. The third-order valence-electron chi connectivity index (χ3n) is 4.34. The molecule has 0 radical (unpaired) electrons. The van der Waals surface area contributed by atoms with Gasteiger partial charge in [0.15, 0.2) is 11.5 Å². The van der Waals surface area contributed by atoms with Crippen LogP contribution < -0.4 is 14.8 Å². The van der Waals surface area contributed by atoms with Crippen LogP contribution in [0, 0.1) is 18.8 Å². The average Bonchev–Trinajstić information content (AvgIpc) is 2.42. The van der Waals surface area contributed by atoms with E-state index in [9.17, 15) is 0 Å². The summed E-state index contributed by atoms with van der Waals surface area (Å²) in [6, 6.07) is 6.52. The predicted molar refractivity (Wildman–Crippen MR) is 82.6 cm³/mol. The molecule has 20 heavy (non-hydrogen) atoms. The standard InChI is InChI=1S/C17H27NO2/c1-11-6-7-15(16(10-11)19-5)20-17-13(3)8-12(2)9-14(17)18-4/h6-7,10,12-14,17-18H,8-9H2,1-5H3.